The van der Waals surface area contributed by atoms with Crippen molar-refractivity contribution < 1.29 is 22.3 Å². The first-order valence-corrected chi connectivity index (χ1v) is 7.05. The highest BCUT2D eigenvalue weighted by molar-refractivity contribution is 7.89. The third-order valence-electron chi connectivity index (χ3n) is 2.61. The maximum Gasteiger partial charge on any atom is 0.244 e. The Labute approximate surface area is 110 Å². The van der Waals surface area contributed by atoms with Crippen molar-refractivity contribution in [2.75, 3.05) is 12.3 Å². The first-order chi connectivity index (χ1) is 8.69. The minimum atomic E-state index is -4.30. The van der Waals surface area contributed by atoms with Gasteiger partial charge in [0, 0.05) is 11.7 Å². The zero-order chi connectivity index (χ0) is 14.8. The van der Waals surface area contributed by atoms with Gasteiger partial charge in [-0.3, -0.25) is 0 Å². The van der Waals surface area contributed by atoms with Gasteiger partial charge in [0.2, 0.25) is 10.0 Å². The van der Waals surface area contributed by atoms with Gasteiger partial charge in [-0.25, -0.2) is 21.9 Å². The van der Waals surface area contributed by atoms with Crippen molar-refractivity contribution in [3.8, 4) is 0 Å². The van der Waals surface area contributed by atoms with Gasteiger partial charge < -0.3 is 10.8 Å². The minimum absolute atomic E-state index is 0.204. The van der Waals surface area contributed by atoms with Crippen LogP contribution in [0.15, 0.2) is 17.0 Å². The number of hydrogen-bond acceptors (Lipinski definition) is 4. The quantitative estimate of drug-likeness (QED) is 0.702. The molecule has 0 saturated carbocycles. The van der Waals surface area contributed by atoms with E-state index in [1.165, 1.54) is 0 Å². The molecule has 1 aromatic rings. The van der Waals surface area contributed by atoms with Crippen LogP contribution >= 0.6 is 0 Å². The lowest BCUT2D eigenvalue weighted by atomic mass is 10.1. The van der Waals surface area contributed by atoms with Gasteiger partial charge in [-0.1, -0.05) is 13.8 Å². The summed E-state index contributed by atoms with van der Waals surface area (Å²) in [5, 5.41) is 9.07. The summed E-state index contributed by atoms with van der Waals surface area (Å²) in [5.41, 5.74) is 5.10. The first kappa shape index (κ1) is 15.8. The van der Waals surface area contributed by atoms with Crippen LogP contribution in [-0.4, -0.2) is 26.2 Å². The smallest absolute Gasteiger partial charge is 0.244 e. The summed E-state index contributed by atoms with van der Waals surface area (Å²) >= 11 is 0. The molecule has 0 aromatic heterocycles. The molecule has 0 saturated heterocycles. The Kier molecular flexibility index (Phi) is 4.83. The number of aliphatic hydroxyl groups excluding tert-OH is 1. The number of rotatable bonds is 5. The molecule has 1 rings (SSSR count). The number of nitrogens with two attached hydrogens (primary N) is 1. The third-order valence-corrected chi connectivity index (χ3v) is 4.10. The van der Waals surface area contributed by atoms with Gasteiger partial charge in [-0.2, -0.15) is 0 Å². The molecule has 0 aliphatic heterocycles. The van der Waals surface area contributed by atoms with E-state index >= 15 is 0 Å². The van der Waals surface area contributed by atoms with Gasteiger partial charge in [-0.15, -0.1) is 0 Å². The zero-order valence-electron chi connectivity index (χ0n) is 10.5. The molecule has 0 aliphatic rings. The van der Waals surface area contributed by atoms with Crippen LogP contribution in [0, 0.1) is 17.6 Å². The molecule has 0 aliphatic carbocycles. The normalized spacial score (nSPS) is 13.8. The van der Waals surface area contributed by atoms with E-state index in [0.29, 0.717) is 6.07 Å². The van der Waals surface area contributed by atoms with Crippen LogP contribution in [0.2, 0.25) is 0 Å². The van der Waals surface area contributed by atoms with Gasteiger partial charge in [0.25, 0.3) is 0 Å². The van der Waals surface area contributed by atoms with E-state index in [4.69, 9.17) is 10.8 Å². The molecule has 1 aromatic carbocycles. The Morgan fingerprint density at radius 3 is 2.42 bits per heavy atom. The lowest BCUT2D eigenvalue weighted by Gasteiger charge is -2.20. The maximum absolute atomic E-state index is 13.5. The Hall–Kier alpha value is -1.25. The highest BCUT2D eigenvalue weighted by atomic mass is 32.2. The number of aliphatic hydroxyl groups is 1. The number of benzene rings is 1. The highest BCUT2D eigenvalue weighted by Crippen LogP contribution is 2.21. The van der Waals surface area contributed by atoms with Crippen LogP contribution in [0.5, 0.6) is 0 Å². The number of hydrogen-bond donors (Lipinski definition) is 3. The second-order valence-corrected chi connectivity index (χ2v) is 6.15. The number of nitrogen functional groups attached to an aromatic ring is 1. The van der Waals surface area contributed by atoms with Crippen molar-refractivity contribution in [1.82, 2.24) is 4.72 Å². The van der Waals surface area contributed by atoms with Gasteiger partial charge in [0.05, 0.1) is 6.61 Å². The van der Waals surface area contributed by atoms with Crippen LogP contribution in [0.25, 0.3) is 0 Å². The molecule has 8 heteroatoms. The molecule has 0 heterocycles. The number of anilines is 1. The fourth-order valence-electron chi connectivity index (χ4n) is 1.43. The Balaban J connectivity index is 3.21. The SMILES string of the molecule is CC(C)C(CO)NS(=O)(=O)c1cc(N)cc(F)c1F. The van der Waals surface area contributed by atoms with Crippen LogP contribution < -0.4 is 10.5 Å². The average Bonchev–Trinajstić information content (AvgIpc) is 2.30. The lowest BCUT2D eigenvalue weighted by molar-refractivity contribution is 0.227. The monoisotopic (exact) mass is 294 g/mol. The maximum atomic E-state index is 13.5. The van der Waals surface area contributed by atoms with Crippen molar-refractivity contribution in [3.63, 3.8) is 0 Å². The molecule has 4 N–H and O–H groups in total. The summed E-state index contributed by atoms with van der Waals surface area (Å²) in [4.78, 5) is -0.871. The molecule has 19 heavy (non-hydrogen) atoms. The molecule has 0 fully saturated rings. The lowest BCUT2D eigenvalue weighted by Crippen LogP contribution is -2.41. The molecule has 0 amide bonds. The second kappa shape index (κ2) is 5.81. The number of halogens is 2. The molecule has 0 bridgehead atoms. The van der Waals surface area contributed by atoms with Crippen molar-refractivity contribution >= 4 is 15.7 Å². The summed E-state index contributed by atoms with van der Waals surface area (Å²) in [7, 11) is -4.30. The summed E-state index contributed by atoms with van der Waals surface area (Å²) in [6.07, 6.45) is 0. The van der Waals surface area contributed by atoms with Crippen molar-refractivity contribution in [3.05, 3.63) is 23.8 Å². The van der Waals surface area contributed by atoms with Crippen molar-refractivity contribution in [1.29, 1.82) is 0 Å². The van der Waals surface area contributed by atoms with Crippen molar-refractivity contribution in [2.45, 2.75) is 24.8 Å². The second-order valence-electron chi connectivity index (χ2n) is 4.47. The highest BCUT2D eigenvalue weighted by Gasteiger charge is 2.26. The van der Waals surface area contributed by atoms with Gasteiger partial charge in [0.15, 0.2) is 11.6 Å². The van der Waals surface area contributed by atoms with E-state index < -0.39 is 39.2 Å². The molecule has 5 nitrogen and oxygen atoms in total. The van der Waals surface area contributed by atoms with Crippen LogP contribution in [0.4, 0.5) is 14.5 Å². The zero-order valence-corrected chi connectivity index (χ0v) is 11.3. The first-order valence-electron chi connectivity index (χ1n) is 5.56. The average molecular weight is 294 g/mol. The van der Waals surface area contributed by atoms with Crippen LogP contribution in [0.3, 0.4) is 0 Å². The molecule has 0 spiro atoms. The fraction of sp³-hybridized carbons (Fsp3) is 0.455. The summed E-state index contributed by atoms with van der Waals surface area (Å²) in [6.45, 7) is 2.91. The van der Waals surface area contributed by atoms with E-state index in [-0.39, 0.29) is 11.6 Å². The topological polar surface area (TPSA) is 92.4 Å². The standard InChI is InChI=1S/C11H16F2N2O3S/c1-6(2)9(5-16)15-19(17,18)10-4-7(14)3-8(12)11(10)13/h3-4,6,9,15-16H,5,14H2,1-2H3. The van der Waals surface area contributed by atoms with Gasteiger partial charge in [-0.05, 0) is 18.1 Å². The van der Waals surface area contributed by atoms with E-state index in [1.54, 1.807) is 13.8 Å². The van der Waals surface area contributed by atoms with Crippen LogP contribution in [0.1, 0.15) is 13.8 Å². The Morgan fingerprint density at radius 2 is 1.95 bits per heavy atom. The summed E-state index contributed by atoms with van der Waals surface area (Å²) in [5.74, 6) is -3.05. The third kappa shape index (κ3) is 3.62. The summed E-state index contributed by atoms with van der Waals surface area (Å²) in [6, 6.07) is 0.726. The molecule has 1 unspecified atom stereocenters. The number of nitrogens with one attached hydrogen (secondary N) is 1. The molecule has 1 atom stereocenters. The molecule has 0 radical (unpaired) electrons. The fourth-order valence-corrected chi connectivity index (χ4v) is 2.92. The largest absolute Gasteiger partial charge is 0.399 e. The van der Waals surface area contributed by atoms with Crippen molar-refractivity contribution in [2.24, 2.45) is 5.92 Å². The molecule has 108 valence electrons. The number of sulfonamides is 1. The Bertz CT molecular complexity index is 561. The van der Waals surface area contributed by atoms with Gasteiger partial charge >= 0.3 is 0 Å². The van der Waals surface area contributed by atoms with E-state index in [1.807, 2.05) is 0 Å². The predicted octanol–water partition coefficient (Wildman–Crippen LogP) is 0.842. The predicted molar refractivity (Wildman–Crippen MR) is 66.8 cm³/mol. The van der Waals surface area contributed by atoms with E-state index in [2.05, 4.69) is 4.72 Å². The van der Waals surface area contributed by atoms with E-state index in [0.717, 1.165) is 6.07 Å². The van der Waals surface area contributed by atoms with E-state index in [9.17, 15) is 17.2 Å². The van der Waals surface area contributed by atoms with Crippen LogP contribution in [-0.2, 0) is 10.0 Å². The molecular formula is C11H16F2N2O3S. The Morgan fingerprint density at radius 1 is 1.37 bits per heavy atom. The van der Waals surface area contributed by atoms with Gasteiger partial charge in [0.1, 0.15) is 4.90 Å². The molecular weight excluding hydrogens is 278 g/mol. The minimum Gasteiger partial charge on any atom is -0.399 e. The summed E-state index contributed by atoms with van der Waals surface area (Å²) < 4.78 is 52.7.